The maximum absolute atomic E-state index is 13.5. The number of nitrogens with one attached hydrogen (secondary N) is 1. The third-order valence-electron chi connectivity index (χ3n) is 5.64. The van der Waals surface area contributed by atoms with Gasteiger partial charge in [-0.3, -0.25) is 9.59 Å². The van der Waals surface area contributed by atoms with Crippen molar-refractivity contribution in [2.24, 2.45) is 5.92 Å². The summed E-state index contributed by atoms with van der Waals surface area (Å²) >= 11 is 16.4. The second-order valence-corrected chi connectivity index (χ2v) is 10.3. The molecule has 5 nitrogen and oxygen atoms in total. The van der Waals surface area contributed by atoms with Crippen molar-refractivity contribution in [1.82, 2.24) is 10.2 Å². The third-order valence-corrected chi connectivity index (χ3v) is 7.17. The highest BCUT2D eigenvalue weighted by Gasteiger charge is 2.30. The molecule has 0 fully saturated rings. The lowest BCUT2D eigenvalue weighted by Gasteiger charge is -2.31. The number of carbonyl (C=O) groups excluding carboxylic acids is 2. The number of benzene rings is 3. The number of nitrogens with zero attached hydrogens (tertiary/aromatic N) is 1. The Hall–Kier alpha value is -2.28. The first-order chi connectivity index (χ1) is 16.7. The lowest BCUT2D eigenvalue weighted by Crippen LogP contribution is -2.50. The zero-order valence-electron chi connectivity index (χ0n) is 20.0. The summed E-state index contributed by atoms with van der Waals surface area (Å²) in [6.45, 7) is 6.27. The molecule has 3 aromatic carbocycles. The van der Waals surface area contributed by atoms with Crippen molar-refractivity contribution >= 4 is 61.7 Å². The van der Waals surface area contributed by atoms with Crippen molar-refractivity contribution in [3.63, 3.8) is 0 Å². The summed E-state index contributed by atoms with van der Waals surface area (Å²) in [5, 5.41) is 5.85. The number of hydrogen-bond donors (Lipinski definition) is 1. The molecule has 1 atom stereocenters. The molecule has 0 aliphatic rings. The minimum Gasteiger partial charge on any atom is -0.483 e. The van der Waals surface area contributed by atoms with Crippen LogP contribution in [0.2, 0.25) is 10.0 Å². The van der Waals surface area contributed by atoms with E-state index in [0.29, 0.717) is 34.3 Å². The molecule has 0 unspecified atom stereocenters. The monoisotopic (exact) mass is 578 g/mol. The van der Waals surface area contributed by atoms with Gasteiger partial charge in [-0.25, -0.2) is 0 Å². The summed E-state index contributed by atoms with van der Waals surface area (Å²) in [4.78, 5) is 28.0. The molecule has 1 N–H and O–H groups in total. The van der Waals surface area contributed by atoms with Gasteiger partial charge in [0.25, 0.3) is 5.91 Å². The topological polar surface area (TPSA) is 58.6 Å². The van der Waals surface area contributed by atoms with Gasteiger partial charge >= 0.3 is 0 Å². The van der Waals surface area contributed by atoms with E-state index >= 15 is 0 Å². The number of rotatable bonds is 10. The highest BCUT2D eigenvalue weighted by molar-refractivity contribution is 9.10. The predicted octanol–water partition coefficient (Wildman–Crippen LogP) is 6.87. The number of ether oxygens (including phenoxy) is 1. The smallest absolute Gasteiger partial charge is 0.261 e. The number of halogens is 3. The lowest BCUT2D eigenvalue weighted by atomic mass is 10.1. The third kappa shape index (κ3) is 6.90. The van der Waals surface area contributed by atoms with E-state index in [0.717, 1.165) is 15.2 Å². The molecule has 0 aliphatic carbocycles. The van der Waals surface area contributed by atoms with Gasteiger partial charge in [0, 0.05) is 28.7 Å². The Balaban J connectivity index is 1.86. The van der Waals surface area contributed by atoms with Crippen molar-refractivity contribution in [1.29, 1.82) is 0 Å². The van der Waals surface area contributed by atoms with Crippen LogP contribution in [0.3, 0.4) is 0 Å². The summed E-state index contributed by atoms with van der Waals surface area (Å²) in [7, 11) is 0. The van der Waals surface area contributed by atoms with Crippen LogP contribution in [0.15, 0.2) is 59.1 Å². The molecule has 0 radical (unpaired) electrons. The van der Waals surface area contributed by atoms with Crippen LogP contribution in [0.4, 0.5) is 0 Å². The standard InChI is InChI=1S/C27H29BrCl2N2O3/c1-4-23(27(34)31-14-17(2)3)32(15-20-21(29)10-7-11-22(20)30)25(33)16-35-24-13-12-18-8-5-6-9-19(18)26(24)28/h5-13,17,23H,4,14-16H2,1-3H3,(H,31,34)/t23-/m0/s1. The molecule has 0 saturated heterocycles. The fraction of sp³-hybridized carbons (Fsp3) is 0.333. The van der Waals surface area contributed by atoms with Gasteiger partial charge in [0.05, 0.1) is 4.47 Å². The Kier molecular flexibility index (Phi) is 9.84. The van der Waals surface area contributed by atoms with Gasteiger partial charge in [-0.15, -0.1) is 0 Å². The van der Waals surface area contributed by atoms with Crippen LogP contribution in [-0.2, 0) is 16.1 Å². The predicted molar refractivity (Wildman–Crippen MR) is 146 cm³/mol. The average Bonchev–Trinajstić information content (AvgIpc) is 2.84. The van der Waals surface area contributed by atoms with Gasteiger partial charge < -0.3 is 15.0 Å². The van der Waals surface area contributed by atoms with E-state index in [1.165, 1.54) is 4.90 Å². The highest BCUT2D eigenvalue weighted by atomic mass is 79.9. The first-order valence-electron chi connectivity index (χ1n) is 11.5. The van der Waals surface area contributed by atoms with E-state index in [-0.39, 0.29) is 30.9 Å². The highest BCUT2D eigenvalue weighted by Crippen LogP contribution is 2.33. The van der Waals surface area contributed by atoms with Crippen molar-refractivity contribution < 1.29 is 14.3 Å². The Labute approximate surface area is 224 Å². The molecule has 0 bridgehead atoms. The van der Waals surface area contributed by atoms with Crippen LogP contribution in [0, 0.1) is 5.92 Å². The van der Waals surface area contributed by atoms with Crippen molar-refractivity contribution in [2.75, 3.05) is 13.2 Å². The van der Waals surface area contributed by atoms with Crippen molar-refractivity contribution in [2.45, 2.75) is 39.8 Å². The number of hydrogen-bond acceptors (Lipinski definition) is 3. The van der Waals surface area contributed by atoms with Gasteiger partial charge in [-0.1, -0.05) is 80.4 Å². The SMILES string of the molecule is CC[C@@H](C(=O)NCC(C)C)N(Cc1c(Cl)cccc1Cl)C(=O)COc1ccc2ccccc2c1Br. The Morgan fingerprint density at radius 2 is 1.71 bits per heavy atom. The minimum atomic E-state index is -0.697. The van der Waals surface area contributed by atoms with Gasteiger partial charge in [0.2, 0.25) is 5.91 Å². The molecule has 35 heavy (non-hydrogen) atoms. The van der Waals surface area contributed by atoms with Crippen LogP contribution in [0.5, 0.6) is 5.75 Å². The molecule has 0 aromatic heterocycles. The zero-order chi connectivity index (χ0) is 25.5. The molecule has 0 saturated carbocycles. The Morgan fingerprint density at radius 1 is 1.03 bits per heavy atom. The largest absolute Gasteiger partial charge is 0.483 e. The molecule has 3 rings (SSSR count). The van der Waals surface area contributed by atoms with Crippen LogP contribution in [0.25, 0.3) is 10.8 Å². The zero-order valence-corrected chi connectivity index (χ0v) is 23.1. The molecule has 186 valence electrons. The van der Waals surface area contributed by atoms with E-state index in [9.17, 15) is 9.59 Å². The van der Waals surface area contributed by atoms with E-state index in [1.54, 1.807) is 18.2 Å². The Bertz CT molecular complexity index is 1180. The second-order valence-electron chi connectivity index (χ2n) is 8.67. The summed E-state index contributed by atoms with van der Waals surface area (Å²) in [5.41, 5.74) is 0.589. The molecule has 0 aliphatic heterocycles. The van der Waals surface area contributed by atoms with Crippen molar-refractivity contribution in [3.05, 3.63) is 74.7 Å². The number of fused-ring (bicyclic) bond motifs is 1. The average molecular weight is 580 g/mol. The molecule has 3 aromatic rings. The minimum absolute atomic E-state index is 0.0905. The molecular formula is C27H29BrCl2N2O3. The van der Waals surface area contributed by atoms with E-state index in [1.807, 2.05) is 57.2 Å². The number of carbonyl (C=O) groups is 2. The molecule has 2 amide bonds. The van der Waals surface area contributed by atoms with E-state index in [4.69, 9.17) is 27.9 Å². The summed E-state index contributed by atoms with van der Waals surface area (Å²) in [6, 6.07) is 16.1. The van der Waals surface area contributed by atoms with Crippen LogP contribution < -0.4 is 10.1 Å². The fourth-order valence-corrected chi connectivity index (χ4v) is 4.87. The Morgan fingerprint density at radius 3 is 2.37 bits per heavy atom. The molecule has 0 spiro atoms. The first-order valence-corrected chi connectivity index (χ1v) is 13.1. The maximum Gasteiger partial charge on any atom is 0.261 e. The number of amides is 2. The summed E-state index contributed by atoms with van der Waals surface area (Å²) in [6.07, 6.45) is 0.428. The van der Waals surface area contributed by atoms with Gasteiger partial charge in [0.15, 0.2) is 6.61 Å². The van der Waals surface area contributed by atoms with E-state index in [2.05, 4.69) is 21.2 Å². The van der Waals surface area contributed by atoms with Gasteiger partial charge in [-0.05, 0) is 57.2 Å². The second kappa shape index (κ2) is 12.6. The molecular weight excluding hydrogens is 551 g/mol. The van der Waals surface area contributed by atoms with Crippen LogP contribution >= 0.6 is 39.1 Å². The fourth-order valence-electron chi connectivity index (χ4n) is 3.74. The molecule has 8 heteroatoms. The normalized spacial score (nSPS) is 12.0. The van der Waals surface area contributed by atoms with Gasteiger partial charge in [-0.2, -0.15) is 0 Å². The quantitative estimate of drug-likeness (QED) is 0.285. The van der Waals surface area contributed by atoms with Crippen molar-refractivity contribution in [3.8, 4) is 5.75 Å². The summed E-state index contributed by atoms with van der Waals surface area (Å²) < 4.78 is 6.69. The summed E-state index contributed by atoms with van der Waals surface area (Å²) in [5.74, 6) is 0.273. The first kappa shape index (κ1) is 27.3. The molecule has 0 heterocycles. The van der Waals surface area contributed by atoms with Crippen LogP contribution in [-0.4, -0.2) is 35.9 Å². The lowest BCUT2D eigenvalue weighted by molar-refractivity contribution is -0.143. The van der Waals surface area contributed by atoms with E-state index < -0.39 is 6.04 Å². The maximum atomic E-state index is 13.5. The van der Waals surface area contributed by atoms with Gasteiger partial charge in [0.1, 0.15) is 11.8 Å². The van der Waals surface area contributed by atoms with Crippen LogP contribution in [0.1, 0.15) is 32.8 Å².